The summed E-state index contributed by atoms with van der Waals surface area (Å²) in [5.41, 5.74) is 2.93. The van der Waals surface area contributed by atoms with Crippen molar-refractivity contribution in [1.29, 1.82) is 0 Å². The average Bonchev–Trinajstić information content (AvgIpc) is 3.05. The highest BCUT2D eigenvalue weighted by Crippen LogP contribution is 2.31. The maximum absolute atomic E-state index is 13.1. The lowest BCUT2D eigenvalue weighted by atomic mass is 9.88. The van der Waals surface area contributed by atoms with Gasteiger partial charge in [-0.2, -0.15) is 0 Å². The number of rotatable bonds is 6. The molecule has 28 heavy (non-hydrogen) atoms. The van der Waals surface area contributed by atoms with E-state index in [0.29, 0.717) is 5.56 Å². The van der Waals surface area contributed by atoms with E-state index >= 15 is 0 Å². The van der Waals surface area contributed by atoms with E-state index in [4.69, 9.17) is 0 Å². The van der Waals surface area contributed by atoms with Crippen LogP contribution in [0.1, 0.15) is 53.1 Å². The van der Waals surface area contributed by atoms with Crippen molar-refractivity contribution in [2.24, 2.45) is 0 Å². The van der Waals surface area contributed by atoms with E-state index < -0.39 is 17.5 Å². The van der Waals surface area contributed by atoms with Crippen molar-refractivity contribution in [2.75, 3.05) is 6.54 Å². The molecule has 0 bridgehead atoms. The molecule has 6 nitrogen and oxygen atoms in total. The fraction of sp³-hybridized carbons (Fsp3) is 0.409. The molecule has 1 aliphatic heterocycles. The van der Waals surface area contributed by atoms with Crippen LogP contribution < -0.4 is 5.32 Å². The Morgan fingerprint density at radius 3 is 2.46 bits per heavy atom. The van der Waals surface area contributed by atoms with E-state index in [1.165, 1.54) is 0 Å². The Labute approximate surface area is 165 Å². The number of Topliss-reactive ketones (excluding diaryl/α,β-unsaturated/α-hetero) is 1. The van der Waals surface area contributed by atoms with Gasteiger partial charge in [0, 0.05) is 23.5 Å². The number of hydrogen-bond acceptors (Lipinski definition) is 3. The van der Waals surface area contributed by atoms with Gasteiger partial charge in [0.15, 0.2) is 5.78 Å². The molecular formula is C22H27N3O3. The van der Waals surface area contributed by atoms with Gasteiger partial charge in [0.25, 0.3) is 5.91 Å². The number of aryl methyl sites for hydroxylation is 2. The number of hydrogen-bond donors (Lipinski definition) is 1. The number of urea groups is 1. The zero-order valence-corrected chi connectivity index (χ0v) is 17.1. The lowest BCUT2D eigenvalue weighted by Crippen LogP contribution is -2.42. The number of carbonyl (C=O) groups is 3. The van der Waals surface area contributed by atoms with E-state index in [9.17, 15) is 14.4 Å². The summed E-state index contributed by atoms with van der Waals surface area (Å²) in [4.78, 5) is 39.6. The minimum atomic E-state index is -1.16. The molecule has 1 atom stereocenters. The second kappa shape index (κ2) is 7.26. The highest BCUT2D eigenvalue weighted by Gasteiger charge is 2.50. The third-order valence-corrected chi connectivity index (χ3v) is 5.58. The number of nitrogens with zero attached hydrogens (tertiary/aromatic N) is 2. The van der Waals surface area contributed by atoms with Crippen LogP contribution in [0.2, 0.25) is 0 Å². The smallest absolute Gasteiger partial charge is 0.325 e. The van der Waals surface area contributed by atoms with Gasteiger partial charge in [0.05, 0.1) is 6.54 Å². The molecule has 0 radical (unpaired) electrons. The monoisotopic (exact) mass is 381 g/mol. The highest BCUT2D eigenvalue weighted by molar-refractivity contribution is 6.11. The minimum Gasteiger partial charge on any atom is -0.348 e. The molecule has 6 heteroatoms. The van der Waals surface area contributed by atoms with Crippen molar-refractivity contribution in [1.82, 2.24) is 14.8 Å². The van der Waals surface area contributed by atoms with Crippen molar-refractivity contribution in [3.63, 3.8) is 0 Å². The highest BCUT2D eigenvalue weighted by atomic mass is 16.2. The molecule has 2 aromatic rings. The lowest BCUT2D eigenvalue weighted by molar-refractivity contribution is -0.130. The first-order chi connectivity index (χ1) is 13.2. The summed E-state index contributed by atoms with van der Waals surface area (Å²) >= 11 is 0. The normalized spacial score (nSPS) is 19.2. The van der Waals surface area contributed by atoms with Crippen LogP contribution in [-0.4, -0.2) is 33.7 Å². The number of carbonyl (C=O) groups excluding carboxylic acids is 3. The number of nitrogens with one attached hydrogen (secondary N) is 1. The van der Waals surface area contributed by atoms with Crippen LogP contribution in [0.3, 0.4) is 0 Å². The van der Waals surface area contributed by atoms with Crippen molar-refractivity contribution in [3.8, 4) is 0 Å². The van der Waals surface area contributed by atoms with Crippen LogP contribution in [0.5, 0.6) is 0 Å². The van der Waals surface area contributed by atoms with Gasteiger partial charge < -0.3 is 9.88 Å². The first kappa shape index (κ1) is 19.9. The molecule has 3 rings (SSSR count). The molecule has 1 aromatic heterocycles. The Bertz CT molecular complexity index is 960. The quantitative estimate of drug-likeness (QED) is 0.615. The molecule has 3 amide bonds. The van der Waals surface area contributed by atoms with E-state index in [0.717, 1.165) is 40.4 Å². The predicted octanol–water partition coefficient (Wildman–Crippen LogP) is 3.47. The molecule has 2 heterocycles. The van der Waals surface area contributed by atoms with Gasteiger partial charge in [-0.3, -0.25) is 14.5 Å². The van der Waals surface area contributed by atoms with Gasteiger partial charge in [0.1, 0.15) is 5.54 Å². The molecule has 0 saturated carbocycles. The van der Waals surface area contributed by atoms with Gasteiger partial charge in [-0.05, 0) is 51.3 Å². The van der Waals surface area contributed by atoms with Crippen LogP contribution in [0.4, 0.5) is 4.79 Å². The van der Waals surface area contributed by atoms with Crippen molar-refractivity contribution in [2.45, 2.75) is 53.1 Å². The molecule has 148 valence electrons. The Morgan fingerprint density at radius 1 is 1.14 bits per heavy atom. The Kier molecular flexibility index (Phi) is 5.15. The van der Waals surface area contributed by atoms with Gasteiger partial charge >= 0.3 is 6.03 Å². The largest absolute Gasteiger partial charge is 0.348 e. The van der Waals surface area contributed by atoms with E-state index in [1.54, 1.807) is 6.92 Å². The zero-order valence-electron chi connectivity index (χ0n) is 17.1. The third-order valence-electron chi connectivity index (χ3n) is 5.58. The Morgan fingerprint density at radius 2 is 1.82 bits per heavy atom. The number of imide groups is 1. The van der Waals surface area contributed by atoms with E-state index in [2.05, 4.69) is 16.8 Å². The molecule has 0 aliphatic carbocycles. The summed E-state index contributed by atoms with van der Waals surface area (Å²) in [6.07, 6.45) is 0.964. The summed E-state index contributed by atoms with van der Waals surface area (Å²) in [5, 5.41) is 2.78. The van der Waals surface area contributed by atoms with E-state index in [1.807, 2.05) is 51.1 Å². The number of amides is 3. The summed E-state index contributed by atoms with van der Waals surface area (Å²) in [5.74, 6) is -0.629. The van der Waals surface area contributed by atoms with Crippen LogP contribution in [0.25, 0.3) is 0 Å². The molecule has 1 aliphatic rings. The SMILES string of the molecule is CCCn1c(C)cc(C(=O)CN2C(=O)NC(C)(c3ccccc3C)C2=O)c1C. The topological polar surface area (TPSA) is 71.4 Å². The number of ketones is 1. The molecule has 1 fully saturated rings. The Balaban J connectivity index is 1.87. The van der Waals surface area contributed by atoms with Crippen molar-refractivity contribution < 1.29 is 14.4 Å². The second-order valence-corrected chi connectivity index (χ2v) is 7.62. The standard InChI is InChI=1S/C22H27N3O3/c1-6-11-24-15(3)12-17(16(24)4)19(26)13-25-20(27)22(5,23-21(25)28)18-10-8-7-9-14(18)2/h7-10,12H,6,11,13H2,1-5H3,(H,23,28). The zero-order chi connectivity index (χ0) is 20.6. The predicted molar refractivity (Wildman–Crippen MR) is 107 cm³/mol. The van der Waals surface area contributed by atoms with Crippen LogP contribution in [-0.2, 0) is 16.9 Å². The summed E-state index contributed by atoms with van der Waals surface area (Å²) in [6, 6.07) is 8.76. The van der Waals surface area contributed by atoms with Gasteiger partial charge in [-0.15, -0.1) is 0 Å². The fourth-order valence-electron chi connectivity index (χ4n) is 4.04. The first-order valence-electron chi connectivity index (χ1n) is 9.60. The van der Waals surface area contributed by atoms with Crippen molar-refractivity contribution in [3.05, 3.63) is 58.4 Å². The average molecular weight is 381 g/mol. The molecule has 1 unspecified atom stereocenters. The summed E-state index contributed by atoms with van der Waals surface area (Å²) in [6.45, 7) is 10.1. The molecular weight excluding hydrogens is 354 g/mol. The molecule has 1 N–H and O–H groups in total. The van der Waals surface area contributed by atoms with Crippen LogP contribution >= 0.6 is 0 Å². The van der Waals surface area contributed by atoms with Gasteiger partial charge in [-0.1, -0.05) is 31.2 Å². The maximum atomic E-state index is 13.1. The maximum Gasteiger partial charge on any atom is 0.325 e. The first-order valence-corrected chi connectivity index (χ1v) is 9.60. The molecule has 1 aromatic carbocycles. The summed E-state index contributed by atoms with van der Waals surface area (Å²) < 4.78 is 2.09. The van der Waals surface area contributed by atoms with Crippen LogP contribution in [0.15, 0.2) is 30.3 Å². The summed E-state index contributed by atoms with van der Waals surface area (Å²) in [7, 11) is 0. The van der Waals surface area contributed by atoms with Crippen LogP contribution in [0, 0.1) is 20.8 Å². The molecule has 1 saturated heterocycles. The fourth-order valence-corrected chi connectivity index (χ4v) is 4.04. The van der Waals surface area contributed by atoms with E-state index in [-0.39, 0.29) is 12.3 Å². The number of benzene rings is 1. The Hall–Kier alpha value is -2.89. The number of aromatic nitrogens is 1. The van der Waals surface area contributed by atoms with Gasteiger partial charge in [0.2, 0.25) is 0 Å². The van der Waals surface area contributed by atoms with Gasteiger partial charge in [-0.25, -0.2) is 4.79 Å². The molecule has 0 spiro atoms. The minimum absolute atomic E-state index is 0.229. The van der Waals surface area contributed by atoms with Crippen molar-refractivity contribution >= 4 is 17.7 Å². The lowest BCUT2D eigenvalue weighted by Gasteiger charge is -2.24. The second-order valence-electron chi connectivity index (χ2n) is 7.62. The third kappa shape index (κ3) is 3.13.